The van der Waals surface area contributed by atoms with Gasteiger partial charge in [-0.05, 0) is 55.2 Å². The largest absolute Gasteiger partial charge is 0.497 e. The minimum Gasteiger partial charge on any atom is -0.497 e. The normalized spacial score (nSPS) is 12.1. The molecule has 0 aromatic heterocycles. The summed E-state index contributed by atoms with van der Waals surface area (Å²) in [4.78, 5) is 0. The van der Waals surface area contributed by atoms with Crippen molar-refractivity contribution in [2.45, 2.75) is 26.8 Å². The Labute approximate surface area is 126 Å². The van der Waals surface area contributed by atoms with Crippen molar-refractivity contribution < 1.29 is 9.47 Å². The Balaban J connectivity index is 2.49. The minimum absolute atomic E-state index is 0.217. The molecule has 0 saturated carbocycles. The van der Waals surface area contributed by atoms with Gasteiger partial charge in [0.15, 0.2) is 0 Å². The second-order valence-corrected chi connectivity index (χ2v) is 5.38. The third kappa shape index (κ3) is 3.03. The van der Waals surface area contributed by atoms with E-state index in [-0.39, 0.29) is 6.04 Å². The maximum atomic E-state index is 6.48. The molecule has 0 aliphatic rings. The number of hydrogen-bond acceptors (Lipinski definition) is 3. The van der Waals surface area contributed by atoms with E-state index in [1.54, 1.807) is 14.2 Å². The quantitative estimate of drug-likeness (QED) is 0.932. The van der Waals surface area contributed by atoms with Gasteiger partial charge < -0.3 is 15.2 Å². The molecule has 21 heavy (non-hydrogen) atoms. The van der Waals surface area contributed by atoms with E-state index in [0.717, 1.165) is 22.6 Å². The summed E-state index contributed by atoms with van der Waals surface area (Å²) in [5.74, 6) is 1.51. The Hall–Kier alpha value is -2.00. The molecule has 0 bridgehead atoms. The minimum atomic E-state index is -0.217. The summed E-state index contributed by atoms with van der Waals surface area (Å²) in [5.41, 5.74) is 12.3. The smallest absolute Gasteiger partial charge is 0.127 e. The molecule has 3 heteroatoms. The third-order valence-electron chi connectivity index (χ3n) is 3.99. The highest BCUT2D eigenvalue weighted by Crippen LogP contribution is 2.33. The molecule has 0 heterocycles. The zero-order chi connectivity index (χ0) is 15.6. The van der Waals surface area contributed by atoms with Crippen LogP contribution in [0.4, 0.5) is 0 Å². The number of methoxy groups -OCH3 is 2. The molecule has 2 rings (SSSR count). The van der Waals surface area contributed by atoms with Gasteiger partial charge in [-0.1, -0.05) is 12.1 Å². The first-order valence-electron chi connectivity index (χ1n) is 7.03. The van der Waals surface area contributed by atoms with Gasteiger partial charge in [0.05, 0.1) is 20.3 Å². The maximum absolute atomic E-state index is 6.48. The Morgan fingerprint density at radius 2 is 1.48 bits per heavy atom. The monoisotopic (exact) mass is 285 g/mol. The van der Waals surface area contributed by atoms with Crippen molar-refractivity contribution in [1.29, 1.82) is 0 Å². The molecule has 3 nitrogen and oxygen atoms in total. The van der Waals surface area contributed by atoms with Crippen LogP contribution in [0.15, 0.2) is 30.3 Å². The fourth-order valence-electron chi connectivity index (χ4n) is 2.56. The van der Waals surface area contributed by atoms with E-state index in [1.165, 1.54) is 16.7 Å². The lowest BCUT2D eigenvalue weighted by Crippen LogP contribution is -2.15. The summed E-state index contributed by atoms with van der Waals surface area (Å²) < 4.78 is 10.7. The fraction of sp³-hybridized carbons (Fsp3) is 0.333. The number of nitrogens with two attached hydrogens (primary N) is 1. The zero-order valence-electron chi connectivity index (χ0n) is 13.4. The summed E-state index contributed by atoms with van der Waals surface area (Å²) in [5, 5.41) is 0. The lowest BCUT2D eigenvalue weighted by atomic mass is 9.92. The van der Waals surface area contributed by atoms with Crippen LogP contribution in [-0.2, 0) is 0 Å². The van der Waals surface area contributed by atoms with Crippen molar-refractivity contribution in [2.24, 2.45) is 5.73 Å². The van der Waals surface area contributed by atoms with Gasteiger partial charge in [0.25, 0.3) is 0 Å². The molecule has 0 saturated heterocycles. The van der Waals surface area contributed by atoms with E-state index >= 15 is 0 Å². The van der Waals surface area contributed by atoms with Crippen LogP contribution in [-0.4, -0.2) is 14.2 Å². The molecule has 0 aliphatic carbocycles. The number of ether oxygens (including phenoxy) is 2. The predicted molar refractivity (Wildman–Crippen MR) is 86.2 cm³/mol. The van der Waals surface area contributed by atoms with Crippen LogP contribution in [0.1, 0.15) is 33.9 Å². The van der Waals surface area contributed by atoms with Crippen molar-refractivity contribution in [1.82, 2.24) is 0 Å². The molecule has 0 spiro atoms. The van der Waals surface area contributed by atoms with Crippen LogP contribution in [0.25, 0.3) is 0 Å². The summed E-state index contributed by atoms with van der Waals surface area (Å²) in [6, 6.07) is 9.88. The number of rotatable bonds is 4. The van der Waals surface area contributed by atoms with Gasteiger partial charge in [0.1, 0.15) is 11.5 Å². The Morgan fingerprint density at radius 1 is 0.810 bits per heavy atom. The lowest BCUT2D eigenvalue weighted by molar-refractivity contribution is 0.390. The highest BCUT2D eigenvalue weighted by molar-refractivity contribution is 5.48. The van der Waals surface area contributed by atoms with Gasteiger partial charge >= 0.3 is 0 Å². The summed E-state index contributed by atoms with van der Waals surface area (Å²) in [7, 11) is 3.29. The van der Waals surface area contributed by atoms with E-state index in [0.29, 0.717) is 0 Å². The molecular formula is C18H23NO2. The lowest BCUT2D eigenvalue weighted by Gasteiger charge is -2.20. The van der Waals surface area contributed by atoms with Gasteiger partial charge in [0, 0.05) is 11.6 Å². The van der Waals surface area contributed by atoms with Crippen molar-refractivity contribution >= 4 is 0 Å². The third-order valence-corrected chi connectivity index (χ3v) is 3.99. The highest BCUT2D eigenvalue weighted by atomic mass is 16.5. The van der Waals surface area contributed by atoms with Gasteiger partial charge in [0.2, 0.25) is 0 Å². The molecule has 1 atom stereocenters. The molecular weight excluding hydrogens is 262 g/mol. The van der Waals surface area contributed by atoms with Gasteiger partial charge in [-0.15, -0.1) is 0 Å². The average molecular weight is 285 g/mol. The van der Waals surface area contributed by atoms with Gasteiger partial charge in [-0.25, -0.2) is 0 Å². The van der Waals surface area contributed by atoms with Crippen molar-refractivity contribution in [3.63, 3.8) is 0 Å². The maximum Gasteiger partial charge on any atom is 0.127 e. The van der Waals surface area contributed by atoms with E-state index in [9.17, 15) is 0 Å². The van der Waals surface area contributed by atoms with Crippen LogP contribution in [0.3, 0.4) is 0 Å². The van der Waals surface area contributed by atoms with E-state index in [4.69, 9.17) is 15.2 Å². The summed E-state index contributed by atoms with van der Waals surface area (Å²) >= 11 is 0. The summed E-state index contributed by atoms with van der Waals surface area (Å²) in [6.07, 6.45) is 0. The molecule has 112 valence electrons. The Kier molecular flexibility index (Phi) is 4.53. The molecule has 0 amide bonds. The highest BCUT2D eigenvalue weighted by Gasteiger charge is 2.17. The molecule has 0 radical (unpaired) electrons. The van der Waals surface area contributed by atoms with Gasteiger partial charge in [-0.3, -0.25) is 0 Å². The number of hydrogen-bond donors (Lipinski definition) is 1. The topological polar surface area (TPSA) is 44.5 Å². The van der Waals surface area contributed by atoms with Crippen molar-refractivity contribution in [2.75, 3.05) is 14.2 Å². The van der Waals surface area contributed by atoms with Crippen LogP contribution in [0.2, 0.25) is 0 Å². The Morgan fingerprint density at radius 3 is 2.10 bits per heavy atom. The molecule has 2 aromatic carbocycles. The molecule has 1 unspecified atom stereocenters. The molecule has 0 aliphatic heterocycles. The SMILES string of the molecule is COc1ccc(C(N)c2cc(C)c(C)cc2C)c(OC)c1. The first kappa shape index (κ1) is 15.4. The van der Waals surface area contributed by atoms with Crippen LogP contribution >= 0.6 is 0 Å². The standard InChI is InChI=1S/C18H23NO2/c1-11-8-13(3)16(9-12(11)2)18(19)15-7-6-14(20-4)10-17(15)21-5/h6-10,18H,19H2,1-5H3. The number of aryl methyl sites for hydroxylation is 3. The summed E-state index contributed by atoms with van der Waals surface area (Å²) in [6.45, 7) is 6.32. The average Bonchev–Trinajstić information content (AvgIpc) is 2.49. The molecule has 0 fully saturated rings. The van der Waals surface area contributed by atoms with Crippen LogP contribution < -0.4 is 15.2 Å². The molecule has 2 N–H and O–H groups in total. The second kappa shape index (κ2) is 6.19. The van der Waals surface area contributed by atoms with E-state index < -0.39 is 0 Å². The van der Waals surface area contributed by atoms with Crippen LogP contribution in [0.5, 0.6) is 11.5 Å². The zero-order valence-corrected chi connectivity index (χ0v) is 13.4. The Bertz CT molecular complexity index is 650. The van der Waals surface area contributed by atoms with Crippen LogP contribution in [0, 0.1) is 20.8 Å². The first-order chi connectivity index (χ1) is 9.97. The van der Waals surface area contributed by atoms with E-state index in [2.05, 4.69) is 32.9 Å². The van der Waals surface area contributed by atoms with Crippen molar-refractivity contribution in [3.05, 3.63) is 58.1 Å². The number of benzene rings is 2. The van der Waals surface area contributed by atoms with E-state index in [1.807, 2.05) is 18.2 Å². The second-order valence-electron chi connectivity index (χ2n) is 5.38. The van der Waals surface area contributed by atoms with Crippen molar-refractivity contribution in [3.8, 4) is 11.5 Å². The first-order valence-corrected chi connectivity index (χ1v) is 7.03. The fourth-order valence-corrected chi connectivity index (χ4v) is 2.56. The van der Waals surface area contributed by atoms with Gasteiger partial charge in [-0.2, -0.15) is 0 Å². The molecule has 2 aromatic rings. The predicted octanol–water partition coefficient (Wildman–Crippen LogP) is 3.68.